The molecule has 0 unspecified atom stereocenters. The average Bonchev–Trinajstić information content (AvgIpc) is 2.68. The number of anilines is 2. The maximum atomic E-state index is 12.9. The van der Waals surface area contributed by atoms with Gasteiger partial charge in [0.15, 0.2) is 6.61 Å². The Labute approximate surface area is 175 Å². The number of nitrogens with one attached hydrogen (secondary N) is 2. The van der Waals surface area contributed by atoms with E-state index in [4.69, 9.17) is 16.3 Å². The summed E-state index contributed by atoms with van der Waals surface area (Å²) in [5.41, 5.74) is 2.48. The van der Waals surface area contributed by atoms with Crippen LogP contribution in [0, 0.1) is 5.82 Å². The Balaban J connectivity index is 1.51. The summed E-state index contributed by atoms with van der Waals surface area (Å²) in [6, 6.07) is 18.8. The Morgan fingerprint density at radius 1 is 1.00 bits per heavy atom. The summed E-state index contributed by atoms with van der Waals surface area (Å²) in [5, 5.41) is 6.35. The van der Waals surface area contributed by atoms with Crippen LogP contribution >= 0.6 is 27.5 Å². The van der Waals surface area contributed by atoms with E-state index in [2.05, 4.69) is 26.6 Å². The van der Waals surface area contributed by atoms with Crippen molar-refractivity contribution in [2.24, 2.45) is 0 Å². The summed E-state index contributed by atoms with van der Waals surface area (Å²) in [4.78, 5) is 11.9. The number of carbonyl (C=O) groups excluding carboxylic acids is 1. The Morgan fingerprint density at radius 3 is 2.36 bits per heavy atom. The molecule has 7 heteroatoms. The molecular weight excluding hydrogens is 447 g/mol. The normalized spacial score (nSPS) is 10.4. The third kappa shape index (κ3) is 5.97. The lowest BCUT2D eigenvalue weighted by atomic mass is 10.2. The fraction of sp³-hybridized carbons (Fsp3) is 0.0952. The first kappa shape index (κ1) is 20.2. The number of hydrogen-bond acceptors (Lipinski definition) is 3. The number of halogens is 3. The highest BCUT2D eigenvalue weighted by Gasteiger charge is 2.08. The molecule has 3 rings (SSSR count). The average molecular weight is 464 g/mol. The number of ether oxygens (including phenoxy) is 1. The fourth-order valence-corrected chi connectivity index (χ4v) is 2.94. The number of amides is 1. The van der Waals surface area contributed by atoms with E-state index in [1.54, 1.807) is 12.1 Å². The van der Waals surface area contributed by atoms with Gasteiger partial charge < -0.3 is 15.4 Å². The SMILES string of the molecule is O=C(COc1ccc(CNc2ccc(Br)cc2)cc1Cl)Nc1ccc(F)cc1. The molecule has 28 heavy (non-hydrogen) atoms. The summed E-state index contributed by atoms with van der Waals surface area (Å²) in [5.74, 6) is -0.303. The minimum atomic E-state index is -0.365. The van der Waals surface area contributed by atoms with E-state index in [0.717, 1.165) is 15.7 Å². The van der Waals surface area contributed by atoms with Crippen molar-refractivity contribution < 1.29 is 13.9 Å². The van der Waals surface area contributed by atoms with Crippen LogP contribution in [0.5, 0.6) is 5.75 Å². The van der Waals surface area contributed by atoms with E-state index in [0.29, 0.717) is 23.0 Å². The molecule has 1 amide bonds. The van der Waals surface area contributed by atoms with Gasteiger partial charge >= 0.3 is 0 Å². The molecule has 0 radical (unpaired) electrons. The number of hydrogen-bond donors (Lipinski definition) is 2. The van der Waals surface area contributed by atoms with Gasteiger partial charge in [-0.05, 0) is 66.2 Å². The van der Waals surface area contributed by atoms with E-state index in [-0.39, 0.29) is 18.3 Å². The van der Waals surface area contributed by atoms with Crippen molar-refractivity contribution in [2.45, 2.75) is 6.54 Å². The summed E-state index contributed by atoms with van der Waals surface area (Å²) in [6.45, 7) is 0.403. The van der Waals surface area contributed by atoms with Gasteiger partial charge in [0.25, 0.3) is 5.91 Å². The highest BCUT2D eigenvalue weighted by atomic mass is 79.9. The van der Waals surface area contributed by atoms with Crippen molar-refractivity contribution in [3.8, 4) is 5.75 Å². The largest absolute Gasteiger partial charge is 0.482 e. The van der Waals surface area contributed by atoms with Crippen LogP contribution in [0.4, 0.5) is 15.8 Å². The molecule has 0 heterocycles. The summed E-state index contributed by atoms with van der Waals surface area (Å²) in [7, 11) is 0. The van der Waals surface area contributed by atoms with Crippen LogP contribution in [0.1, 0.15) is 5.56 Å². The first-order valence-corrected chi connectivity index (χ1v) is 9.63. The molecule has 4 nitrogen and oxygen atoms in total. The second kappa shape index (κ2) is 9.57. The molecule has 0 atom stereocenters. The first-order valence-electron chi connectivity index (χ1n) is 8.46. The predicted octanol–water partition coefficient (Wildman–Crippen LogP) is 5.87. The van der Waals surface area contributed by atoms with Crippen LogP contribution in [0.15, 0.2) is 71.2 Å². The monoisotopic (exact) mass is 462 g/mol. The number of benzene rings is 3. The van der Waals surface area contributed by atoms with Gasteiger partial charge in [0.05, 0.1) is 5.02 Å². The van der Waals surface area contributed by atoms with E-state index >= 15 is 0 Å². The molecule has 3 aromatic carbocycles. The van der Waals surface area contributed by atoms with Crippen LogP contribution in [0.3, 0.4) is 0 Å². The molecule has 0 bridgehead atoms. The van der Waals surface area contributed by atoms with Crippen molar-refractivity contribution in [1.29, 1.82) is 0 Å². The molecule has 2 N–H and O–H groups in total. The number of carbonyl (C=O) groups is 1. The zero-order valence-corrected chi connectivity index (χ0v) is 17.1. The zero-order chi connectivity index (χ0) is 19.9. The molecule has 0 saturated heterocycles. The van der Waals surface area contributed by atoms with Crippen LogP contribution < -0.4 is 15.4 Å². The van der Waals surface area contributed by atoms with Crippen LogP contribution in [-0.4, -0.2) is 12.5 Å². The second-order valence-corrected chi connectivity index (χ2v) is 7.29. The van der Waals surface area contributed by atoms with Crippen molar-refractivity contribution >= 4 is 44.8 Å². The fourth-order valence-electron chi connectivity index (χ4n) is 2.42. The lowest BCUT2D eigenvalue weighted by molar-refractivity contribution is -0.118. The Morgan fingerprint density at radius 2 is 1.68 bits per heavy atom. The van der Waals surface area contributed by atoms with Crippen LogP contribution in [0.25, 0.3) is 0 Å². The van der Waals surface area contributed by atoms with Gasteiger partial charge in [-0.1, -0.05) is 33.6 Å². The maximum absolute atomic E-state index is 12.9. The van der Waals surface area contributed by atoms with Gasteiger partial charge in [-0.3, -0.25) is 4.79 Å². The summed E-state index contributed by atoms with van der Waals surface area (Å²) >= 11 is 9.66. The third-order valence-corrected chi connectivity index (χ3v) is 4.65. The smallest absolute Gasteiger partial charge is 0.262 e. The molecule has 0 spiro atoms. The van der Waals surface area contributed by atoms with Gasteiger partial charge in [0.2, 0.25) is 0 Å². The van der Waals surface area contributed by atoms with E-state index in [9.17, 15) is 9.18 Å². The van der Waals surface area contributed by atoms with Gasteiger partial charge in [-0.15, -0.1) is 0 Å². The first-order chi connectivity index (χ1) is 13.5. The van der Waals surface area contributed by atoms with E-state index in [1.165, 1.54) is 24.3 Å². The minimum Gasteiger partial charge on any atom is -0.482 e. The highest BCUT2D eigenvalue weighted by Crippen LogP contribution is 2.26. The van der Waals surface area contributed by atoms with Gasteiger partial charge in [-0.2, -0.15) is 0 Å². The lowest BCUT2D eigenvalue weighted by Crippen LogP contribution is -2.20. The Hall–Kier alpha value is -2.57. The minimum absolute atomic E-state index is 0.201. The molecule has 0 fully saturated rings. The molecule has 144 valence electrons. The van der Waals surface area contributed by atoms with Gasteiger partial charge in [0.1, 0.15) is 11.6 Å². The molecule has 0 aromatic heterocycles. The molecule has 0 saturated carbocycles. The topological polar surface area (TPSA) is 50.4 Å². The van der Waals surface area contributed by atoms with Crippen molar-refractivity contribution in [3.63, 3.8) is 0 Å². The third-order valence-electron chi connectivity index (χ3n) is 3.82. The maximum Gasteiger partial charge on any atom is 0.262 e. The van der Waals surface area contributed by atoms with Crippen molar-refractivity contribution in [2.75, 3.05) is 17.2 Å². The lowest BCUT2D eigenvalue weighted by Gasteiger charge is -2.11. The van der Waals surface area contributed by atoms with Crippen molar-refractivity contribution in [3.05, 3.63) is 87.6 Å². The van der Waals surface area contributed by atoms with Crippen molar-refractivity contribution in [1.82, 2.24) is 0 Å². The standard InChI is InChI=1S/C21H17BrClFN2O2/c22-15-2-6-17(7-3-15)25-12-14-1-10-20(19(23)11-14)28-13-21(27)26-18-8-4-16(24)5-9-18/h1-11,25H,12-13H2,(H,26,27). The quantitative estimate of drug-likeness (QED) is 0.461. The van der Waals surface area contributed by atoms with Gasteiger partial charge in [-0.25, -0.2) is 4.39 Å². The predicted molar refractivity (Wildman–Crippen MR) is 113 cm³/mol. The van der Waals surface area contributed by atoms with Crippen LogP contribution in [-0.2, 0) is 11.3 Å². The molecule has 0 aliphatic carbocycles. The second-order valence-electron chi connectivity index (χ2n) is 5.97. The number of rotatable bonds is 7. The van der Waals surface area contributed by atoms with E-state index in [1.807, 2.05) is 30.3 Å². The highest BCUT2D eigenvalue weighted by molar-refractivity contribution is 9.10. The summed E-state index contributed by atoms with van der Waals surface area (Å²) in [6.07, 6.45) is 0. The molecular formula is C21H17BrClFN2O2. The molecule has 0 aliphatic heterocycles. The molecule has 0 aliphatic rings. The zero-order valence-electron chi connectivity index (χ0n) is 14.7. The van der Waals surface area contributed by atoms with E-state index < -0.39 is 0 Å². The Bertz CT molecular complexity index is 950. The molecule has 3 aromatic rings. The summed E-state index contributed by atoms with van der Waals surface area (Å²) < 4.78 is 19.4. The van der Waals surface area contributed by atoms with Crippen LogP contribution in [0.2, 0.25) is 5.02 Å². The Kier molecular flexibility index (Phi) is 6.90. The van der Waals surface area contributed by atoms with Gasteiger partial charge in [0, 0.05) is 22.4 Å².